The van der Waals surface area contributed by atoms with E-state index in [2.05, 4.69) is 4.90 Å². The number of hydrogen-bond donors (Lipinski definition) is 0. The Bertz CT molecular complexity index is 1040. The van der Waals surface area contributed by atoms with Crippen LogP contribution in [0.15, 0.2) is 42.5 Å². The Morgan fingerprint density at radius 3 is 2.34 bits per heavy atom. The molecular formula is C23H30ClN3O4S. The Morgan fingerprint density at radius 1 is 1.09 bits per heavy atom. The van der Waals surface area contributed by atoms with Crippen LogP contribution in [0, 0.1) is 6.92 Å². The zero-order valence-electron chi connectivity index (χ0n) is 18.8. The van der Waals surface area contributed by atoms with Crippen LogP contribution in [0.25, 0.3) is 0 Å². The number of hydrogen-bond acceptors (Lipinski definition) is 5. The van der Waals surface area contributed by atoms with E-state index in [9.17, 15) is 13.2 Å². The first-order chi connectivity index (χ1) is 15.2. The van der Waals surface area contributed by atoms with Crippen LogP contribution in [0.1, 0.15) is 18.9 Å². The quantitative estimate of drug-likeness (QED) is 0.579. The van der Waals surface area contributed by atoms with Crippen LogP contribution in [-0.4, -0.2) is 64.8 Å². The molecular weight excluding hydrogens is 450 g/mol. The van der Waals surface area contributed by atoms with Gasteiger partial charge in [-0.1, -0.05) is 24.6 Å². The molecule has 1 aliphatic rings. The smallest absolute Gasteiger partial charge is 0.243 e. The Labute approximate surface area is 195 Å². The molecule has 0 aromatic heterocycles. The summed E-state index contributed by atoms with van der Waals surface area (Å²) >= 11 is 6.15. The summed E-state index contributed by atoms with van der Waals surface area (Å²) in [5.41, 5.74) is 2.63. The van der Waals surface area contributed by atoms with E-state index in [0.29, 0.717) is 49.2 Å². The van der Waals surface area contributed by atoms with Gasteiger partial charge in [0, 0.05) is 36.9 Å². The number of ether oxygens (including phenoxy) is 1. The standard InChI is InChI=1S/C23H30ClN3O4S/c1-4-15-31-21-9-7-20(8-10-21)27(32(3,29)30)17-23(28)26-13-11-25(12-14-26)22-16-19(24)6-5-18(22)2/h5-10,16H,4,11-15,17H2,1-3H3. The monoisotopic (exact) mass is 479 g/mol. The van der Waals surface area contributed by atoms with Crippen molar-refractivity contribution in [3.8, 4) is 5.75 Å². The molecule has 0 N–H and O–H groups in total. The van der Waals surface area contributed by atoms with Crippen molar-refractivity contribution in [2.24, 2.45) is 0 Å². The molecule has 3 rings (SSSR count). The summed E-state index contributed by atoms with van der Waals surface area (Å²) in [5.74, 6) is 0.451. The molecule has 0 aliphatic carbocycles. The highest BCUT2D eigenvalue weighted by Gasteiger charge is 2.27. The summed E-state index contributed by atoms with van der Waals surface area (Å²) in [6.45, 7) is 6.77. The average Bonchev–Trinajstić information content (AvgIpc) is 2.77. The second-order valence-electron chi connectivity index (χ2n) is 7.91. The van der Waals surface area contributed by atoms with Crippen molar-refractivity contribution >= 4 is 38.9 Å². The van der Waals surface area contributed by atoms with Gasteiger partial charge in [-0.25, -0.2) is 8.42 Å². The van der Waals surface area contributed by atoms with Gasteiger partial charge in [-0.2, -0.15) is 0 Å². The van der Waals surface area contributed by atoms with E-state index in [4.69, 9.17) is 16.3 Å². The number of aryl methyl sites for hydroxylation is 1. The molecule has 0 spiro atoms. The van der Waals surface area contributed by atoms with E-state index in [1.54, 1.807) is 29.2 Å². The van der Waals surface area contributed by atoms with Gasteiger partial charge in [-0.05, 0) is 55.3 Å². The van der Waals surface area contributed by atoms with Crippen LogP contribution in [0.5, 0.6) is 5.75 Å². The second-order valence-corrected chi connectivity index (χ2v) is 10.3. The molecule has 0 radical (unpaired) electrons. The number of amides is 1. The molecule has 1 amide bonds. The predicted octanol–water partition coefficient (Wildman–Crippen LogP) is 3.55. The highest BCUT2D eigenvalue weighted by molar-refractivity contribution is 7.92. The van der Waals surface area contributed by atoms with Crippen molar-refractivity contribution in [2.45, 2.75) is 20.3 Å². The normalized spacial score (nSPS) is 14.4. The zero-order valence-corrected chi connectivity index (χ0v) is 20.3. The molecule has 1 heterocycles. The molecule has 1 saturated heterocycles. The Balaban J connectivity index is 1.65. The number of rotatable bonds is 8. The van der Waals surface area contributed by atoms with Crippen molar-refractivity contribution in [3.63, 3.8) is 0 Å². The van der Waals surface area contributed by atoms with Crippen LogP contribution < -0.4 is 13.9 Å². The van der Waals surface area contributed by atoms with Gasteiger partial charge in [-0.15, -0.1) is 0 Å². The maximum atomic E-state index is 13.0. The summed E-state index contributed by atoms with van der Waals surface area (Å²) in [5, 5.41) is 0.680. The van der Waals surface area contributed by atoms with Crippen LogP contribution >= 0.6 is 11.6 Å². The number of halogens is 1. The number of carbonyl (C=O) groups is 1. The Kier molecular flexibility index (Phi) is 7.90. The lowest BCUT2D eigenvalue weighted by molar-refractivity contribution is -0.129. The summed E-state index contributed by atoms with van der Waals surface area (Å²) in [6, 6.07) is 12.6. The van der Waals surface area contributed by atoms with Gasteiger partial charge in [0.25, 0.3) is 0 Å². The summed E-state index contributed by atoms with van der Waals surface area (Å²) in [4.78, 5) is 16.9. The van der Waals surface area contributed by atoms with E-state index in [0.717, 1.165) is 28.2 Å². The van der Waals surface area contributed by atoms with Crippen LogP contribution in [0.4, 0.5) is 11.4 Å². The summed E-state index contributed by atoms with van der Waals surface area (Å²) < 4.78 is 31.5. The molecule has 0 atom stereocenters. The first-order valence-corrected chi connectivity index (χ1v) is 12.9. The van der Waals surface area contributed by atoms with Crippen molar-refractivity contribution in [2.75, 3.05) is 54.8 Å². The molecule has 2 aromatic carbocycles. The summed E-state index contributed by atoms with van der Waals surface area (Å²) in [6.07, 6.45) is 2.00. The topological polar surface area (TPSA) is 70.2 Å². The lowest BCUT2D eigenvalue weighted by Crippen LogP contribution is -2.52. The van der Waals surface area contributed by atoms with Crippen LogP contribution in [0.3, 0.4) is 0 Å². The van der Waals surface area contributed by atoms with Gasteiger partial charge in [0.05, 0.1) is 18.6 Å². The van der Waals surface area contributed by atoms with Gasteiger partial charge in [-0.3, -0.25) is 9.10 Å². The second kappa shape index (κ2) is 10.4. The third-order valence-electron chi connectivity index (χ3n) is 5.42. The van der Waals surface area contributed by atoms with Gasteiger partial charge >= 0.3 is 0 Å². The van der Waals surface area contributed by atoms with Gasteiger partial charge in [0.15, 0.2) is 0 Å². The average molecular weight is 480 g/mol. The van der Waals surface area contributed by atoms with E-state index in [-0.39, 0.29) is 12.5 Å². The summed E-state index contributed by atoms with van der Waals surface area (Å²) in [7, 11) is -3.63. The zero-order chi connectivity index (χ0) is 23.3. The van der Waals surface area contributed by atoms with E-state index in [1.807, 2.05) is 32.0 Å². The fourth-order valence-corrected chi connectivity index (χ4v) is 4.69. The maximum absolute atomic E-state index is 13.0. The molecule has 9 heteroatoms. The fraction of sp³-hybridized carbons (Fsp3) is 0.435. The third kappa shape index (κ3) is 6.07. The van der Waals surface area contributed by atoms with Gasteiger partial charge in [0.2, 0.25) is 15.9 Å². The minimum Gasteiger partial charge on any atom is -0.494 e. The van der Waals surface area contributed by atoms with Crippen LogP contribution in [-0.2, 0) is 14.8 Å². The number of nitrogens with zero attached hydrogens (tertiary/aromatic N) is 3. The first kappa shape index (κ1) is 24.2. The minimum atomic E-state index is -3.63. The minimum absolute atomic E-state index is 0.218. The van der Waals surface area contributed by atoms with Crippen molar-refractivity contribution in [1.29, 1.82) is 0 Å². The molecule has 1 fully saturated rings. The highest BCUT2D eigenvalue weighted by atomic mass is 35.5. The molecule has 0 saturated carbocycles. The fourth-order valence-electron chi connectivity index (χ4n) is 3.67. The SMILES string of the molecule is CCCOc1ccc(N(CC(=O)N2CCN(c3cc(Cl)ccc3C)CC2)S(C)(=O)=O)cc1. The number of benzene rings is 2. The third-order valence-corrected chi connectivity index (χ3v) is 6.80. The largest absolute Gasteiger partial charge is 0.494 e. The lowest BCUT2D eigenvalue weighted by Gasteiger charge is -2.37. The predicted molar refractivity (Wildman–Crippen MR) is 129 cm³/mol. The Morgan fingerprint density at radius 2 is 1.75 bits per heavy atom. The van der Waals surface area contributed by atoms with Gasteiger partial charge in [0.1, 0.15) is 12.3 Å². The van der Waals surface area contributed by atoms with Crippen molar-refractivity contribution < 1.29 is 17.9 Å². The molecule has 1 aliphatic heterocycles. The first-order valence-electron chi connectivity index (χ1n) is 10.7. The van der Waals surface area contributed by atoms with E-state index >= 15 is 0 Å². The molecule has 0 bridgehead atoms. The van der Waals surface area contributed by atoms with Gasteiger partial charge < -0.3 is 14.5 Å². The van der Waals surface area contributed by atoms with Crippen LogP contribution in [0.2, 0.25) is 5.02 Å². The van der Waals surface area contributed by atoms with E-state index in [1.165, 1.54) is 0 Å². The molecule has 7 nitrogen and oxygen atoms in total. The molecule has 2 aromatic rings. The number of piperazine rings is 1. The Hall–Kier alpha value is -2.45. The number of carbonyl (C=O) groups excluding carboxylic acids is 1. The molecule has 32 heavy (non-hydrogen) atoms. The lowest BCUT2D eigenvalue weighted by atomic mass is 10.1. The van der Waals surface area contributed by atoms with Crippen molar-refractivity contribution in [1.82, 2.24) is 4.90 Å². The molecule has 0 unspecified atom stereocenters. The number of anilines is 2. The molecule has 174 valence electrons. The maximum Gasteiger partial charge on any atom is 0.243 e. The van der Waals surface area contributed by atoms with E-state index < -0.39 is 10.0 Å². The van der Waals surface area contributed by atoms with Crippen molar-refractivity contribution in [3.05, 3.63) is 53.1 Å². The highest BCUT2D eigenvalue weighted by Crippen LogP contribution is 2.26. The number of sulfonamides is 1.